The van der Waals surface area contributed by atoms with E-state index in [1.165, 1.54) is 12.8 Å². The van der Waals surface area contributed by atoms with Gasteiger partial charge in [0.25, 0.3) is 5.91 Å². The minimum absolute atomic E-state index is 0.145. The quantitative estimate of drug-likeness (QED) is 0.563. The van der Waals surface area contributed by atoms with Crippen LogP contribution in [0.5, 0.6) is 5.75 Å². The lowest BCUT2D eigenvalue weighted by Crippen LogP contribution is -2.40. The van der Waals surface area contributed by atoms with Gasteiger partial charge < -0.3 is 16.2 Å². The van der Waals surface area contributed by atoms with Crippen LogP contribution in [0, 0.1) is 0 Å². The van der Waals surface area contributed by atoms with Gasteiger partial charge in [0.2, 0.25) is 0 Å². The summed E-state index contributed by atoms with van der Waals surface area (Å²) in [5, 5.41) is 12.6. The summed E-state index contributed by atoms with van der Waals surface area (Å²) in [6, 6.07) is 5.11. The van der Waals surface area contributed by atoms with Crippen molar-refractivity contribution in [3.63, 3.8) is 0 Å². The van der Waals surface area contributed by atoms with Gasteiger partial charge in [-0.3, -0.25) is 9.69 Å². The highest BCUT2D eigenvalue weighted by Crippen LogP contribution is 2.24. The number of para-hydroxylation sites is 1. The number of phenols is 1. The van der Waals surface area contributed by atoms with Crippen LogP contribution in [0.4, 0.5) is 5.69 Å². The molecule has 1 saturated heterocycles. The lowest BCUT2D eigenvalue weighted by Gasteiger charge is -2.23. The van der Waals surface area contributed by atoms with Crippen molar-refractivity contribution in [1.82, 2.24) is 10.2 Å². The van der Waals surface area contributed by atoms with E-state index in [1.807, 2.05) is 0 Å². The van der Waals surface area contributed by atoms with Crippen molar-refractivity contribution in [2.24, 2.45) is 0 Å². The summed E-state index contributed by atoms with van der Waals surface area (Å²) in [6.07, 6.45) is 2.46. The van der Waals surface area contributed by atoms with Crippen molar-refractivity contribution in [2.75, 3.05) is 25.4 Å². The van der Waals surface area contributed by atoms with Crippen LogP contribution >= 0.6 is 0 Å². The van der Waals surface area contributed by atoms with Gasteiger partial charge in [0.05, 0.1) is 11.3 Å². The molecular formula is C14H21N3O2. The number of nitrogens with zero attached hydrogens (tertiary/aromatic N) is 1. The highest BCUT2D eigenvalue weighted by Gasteiger charge is 2.19. The Bertz CT molecular complexity index is 456. The zero-order valence-corrected chi connectivity index (χ0v) is 11.2. The Morgan fingerprint density at radius 3 is 2.84 bits per heavy atom. The van der Waals surface area contributed by atoms with Crippen LogP contribution in [0.25, 0.3) is 0 Å². The number of carbonyl (C=O) groups is 1. The average molecular weight is 263 g/mol. The second kappa shape index (κ2) is 5.93. The fourth-order valence-electron chi connectivity index (χ4n) is 2.39. The lowest BCUT2D eigenvalue weighted by atomic mass is 10.1. The maximum absolute atomic E-state index is 12.0. The Kier molecular flexibility index (Phi) is 4.27. The van der Waals surface area contributed by atoms with E-state index < -0.39 is 0 Å². The summed E-state index contributed by atoms with van der Waals surface area (Å²) in [6.45, 7) is 4.87. The minimum atomic E-state index is -0.282. The van der Waals surface area contributed by atoms with E-state index in [1.54, 1.807) is 18.2 Å². The molecule has 1 atom stereocenters. The molecule has 0 aliphatic carbocycles. The Labute approximate surface area is 113 Å². The van der Waals surface area contributed by atoms with E-state index in [-0.39, 0.29) is 22.9 Å². The second-order valence-electron chi connectivity index (χ2n) is 5.05. The minimum Gasteiger partial charge on any atom is -0.505 e. The Morgan fingerprint density at radius 2 is 2.16 bits per heavy atom. The number of rotatable bonds is 4. The Balaban J connectivity index is 1.92. The number of nitrogen functional groups attached to an aromatic ring is 1. The average Bonchev–Trinajstić information content (AvgIpc) is 2.93. The number of aromatic hydroxyl groups is 1. The topological polar surface area (TPSA) is 78.6 Å². The molecule has 0 spiro atoms. The first-order valence-electron chi connectivity index (χ1n) is 6.69. The van der Waals surface area contributed by atoms with Crippen LogP contribution in [0.15, 0.2) is 18.2 Å². The van der Waals surface area contributed by atoms with Gasteiger partial charge in [0, 0.05) is 12.6 Å². The zero-order valence-electron chi connectivity index (χ0n) is 11.2. The van der Waals surface area contributed by atoms with Crippen molar-refractivity contribution >= 4 is 11.6 Å². The second-order valence-corrected chi connectivity index (χ2v) is 5.05. The molecule has 1 heterocycles. The molecule has 1 amide bonds. The summed E-state index contributed by atoms with van der Waals surface area (Å²) >= 11 is 0. The van der Waals surface area contributed by atoms with Crippen molar-refractivity contribution in [1.29, 1.82) is 0 Å². The molecule has 0 bridgehead atoms. The number of anilines is 1. The van der Waals surface area contributed by atoms with Crippen LogP contribution in [-0.4, -0.2) is 41.6 Å². The number of phenolic OH excluding ortho intramolecular Hbond substituents is 1. The van der Waals surface area contributed by atoms with Crippen molar-refractivity contribution in [3.05, 3.63) is 23.8 Å². The summed E-state index contributed by atoms with van der Waals surface area (Å²) in [7, 11) is 0. The molecule has 104 valence electrons. The number of hydrogen-bond donors (Lipinski definition) is 3. The number of hydrogen-bond acceptors (Lipinski definition) is 4. The van der Waals surface area contributed by atoms with Crippen molar-refractivity contribution in [2.45, 2.75) is 25.8 Å². The normalized spacial score (nSPS) is 17.3. The first-order valence-corrected chi connectivity index (χ1v) is 6.69. The number of benzene rings is 1. The van der Waals surface area contributed by atoms with Gasteiger partial charge >= 0.3 is 0 Å². The molecule has 4 N–H and O–H groups in total. The zero-order chi connectivity index (χ0) is 13.8. The van der Waals surface area contributed by atoms with Gasteiger partial charge in [-0.1, -0.05) is 6.07 Å². The van der Waals surface area contributed by atoms with Gasteiger partial charge in [-0.05, 0) is 45.0 Å². The maximum Gasteiger partial charge on any atom is 0.255 e. The Hall–Kier alpha value is -1.75. The predicted molar refractivity (Wildman–Crippen MR) is 75.1 cm³/mol. The van der Waals surface area contributed by atoms with Gasteiger partial charge in [-0.15, -0.1) is 0 Å². The lowest BCUT2D eigenvalue weighted by molar-refractivity contribution is 0.0938. The van der Waals surface area contributed by atoms with E-state index in [0.29, 0.717) is 12.6 Å². The molecule has 1 aromatic carbocycles. The number of nitrogens with two attached hydrogens (primary N) is 1. The molecule has 0 aromatic heterocycles. The summed E-state index contributed by atoms with van der Waals surface area (Å²) < 4.78 is 0. The third kappa shape index (κ3) is 3.17. The number of amides is 1. The monoisotopic (exact) mass is 263 g/mol. The van der Waals surface area contributed by atoms with Crippen molar-refractivity contribution < 1.29 is 9.90 Å². The fourth-order valence-corrected chi connectivity index (χ4v) is 2.39. The van der Waals surface area contributed by atoms with E-state index >= 15 is 0 Å². The molecule has 1 fully saturated rings. The SMILES string of the molecule is CC(CNC(=O)c1cccc(N)c1O)N1CCCC1. The summed E-state index contributed by atoms with van der Waals surface area (Å²) in [5.74, 6) is -0.426. The highest BCUT2D eigenvalue weighted by atomic mass is 16.3. The van der Waals surface area contributed by atoms with Crippen LogP contribution in [-0.2, 0) is 0 Å². The van der Waals surface area contributed by atoms with Crippen LogP contribution in [0.2, 0.25) is 0 Å². The summed E-state index contributed by atoms with van der Waals surface area (Å²) in [5.41, 5.74) is 6.03. The van der Waals surface area contributed by atoms with E-state index in [2.05, 4.69) is 17.1 Å². The smallest absolute Gasteiger partial charge is 0.255 e. The molecule has 0 saturated carbocycles. The third-order valence-corrected chi connectivity index (χ3v) is 3.63. The molecule has 2 rings (SSSR count). The van der Waals surface area contributed by atoms with Crippen LogP contribution < -0.4 is 11.1 Å². The molecule has 0 radical (unpaired) electrons. The molecular weight excluding hydrogens is 242 g/mol. The molecule has 5 nitrogen and oxygen atoms in total. The molecule has 1 aromatic rings. The van der Waals surface area contributed by atoms with E-state index in [4.69, 9.17) is 5.73 Å². The highest BCUT2D eigenvalue weighted by molar-refractivity contribution is 5.98. The van der Waals surface area contributed by atoms with Crippen LogP contribution in [0.3, 0.4) is 0 Å². The molecule has 5 heteroatoms. The summed E-state index contributed by atoms with van der Waals surface area (Å²) in [4.78, 5) is 14.4. The first kappa shape index (κ1) is 13.7. The standard InChI is InChI=1S/C14H21N3O2/c1-10(17-7-2-3-8-17)9-16-14(19)11-5-4-6-12(15)13(11)18/h4-6,10,18H,2-3,7-9,15H2,1H3,(H,16,19). The van der Waals surface area contributed by atoms with E-state index in [9.17, 15) is 9.90 Å². The molecule has 19 heavy (non-hydrogen) atoms. The maximum atomic E-state index is 12.0. The van der Waals surface area contributed by atoms with Gasteiger partial charge in [0.1, 0.15) is 0 Å². The van der Waals surface area contributed by atoms with Crippen molar-refractivity contribution in [3.8, 4) is 5.75 Å². The molecule has 1 unspecified atom stereocenters. The van der Waals surface area contributed by atoms with Gasteiger partial charge in [0.15, 0.2) is 5.75 Å². The Morgan fingerprint density at radius 1 is 1.47 bits per heavy atom. The van der Waals surface area contributed by atoms with Gasteiger partial charge in [-0.2, -0.15) is 0 Å². The number of carbonyl (C=O) groups excluding carboxylic acids is 1. The molecule has 1 aliphatic rings. The predicted octanol–water partition coefficient (Wildman–Crippen LogP) is 1.19. The number of likely N-dealkylation sites (tertiary alicyclic amines) is 1. The fraction of sp³-hybridized carbons (Fsp3) is 0.500. The van der Waals surface area contributed by atoms with Gasteiger partial charge in [-0.25, -0.2) is 0 Å². The largest absolute Gasteiger partial charge is 0.505 e. The van der Waals surface area contributed by atoms with E-state index in [0.717, 1.165) is 13.1 Å². The first-order chi connectivity index (χ1) is 9.09. The third-order valence-electron chi connectivity index (χ3n) is 3.63. The molecule has 1 aliphatic heterocycles. The van der Waals surface area contributed by atoms with Crippen LogP contribution in [0.1, 0.15) is 30.1 Å². The number of nitrogens with one attached hydrogen (secondary N) is 1.